The van der Waals surface area contributed by atoms with Crippen LogP contribution < -0.4 is 5.73 Å². The first-order valence-electron chi connectivity index (χ1n) is 6.15. The predicted molar refractivity (Wildman–Crippen MR) is 79.2 cm³/mol. The standard InChI is InChI=1S/C13H11N5O2S/c14-8-11-15-16-13(10-6-7-12(21-10)18(19)20)17(11)9-4-2-1-3-5-9/h1-7H,8,14H2. The summed E-state index contributed by atoms with van der Waals surface area (Å²) in [6.07, 6.45) is 0. The van der Waals surface area contributed by atoms with Crippen molar-refractivity contribution in [1.82, 2.24) is 14.8 Å². The van der Waals surface area contributed by atoms with Crippen LogP contribution in [0.3, 0.4) is 0 Å². The van der Waals surface area contributed by atoms with E-state index in [0.29, 0.717) is 16.5 Å². The number of para-hydroxylation sites is 1. The molecule has 0 aliphatic heterocycles. The van der Waals surface area contributed by atoms with Crippen molar-refractivity contribution in [2.45, 2.75) is 6.54 Å². The third-order valence-electron chi connectivity index (χ3n) is 2.92. The Labute approximate surface area is 123 Å². The molecular weight excluding hydrogens is 290 g/mol. The van der Waals surface area contributed by atoms with E-state index in [4.69, 9.17) is 5.73 Å². The van der Waals surface area contributed by atoms with Crippen LogP contribution in [0.1, 0.15) is 5.82 Å². The number of benzene rings is 1. The van der Waals surface area contributed by atoms with Crippen LogP contribution in [0.4, 0.5) is 5.00 Å². The maximum absolute atomic E-state index is 10.8. The van der Waals surface area contributed by atoms with Gasteiger partial charge in [-0.2, -0.15) is 0 Å². The van der Waals surface area contributed by atoms with Crippen molar-refractivity contribution in [1.29, 1.82) is 0 Å². The van der Waals surface area contributed by atoms with E-state index in [1.165, 1.54) is 6.07 Å². The second kappa shape index (κ2) is 5.43. The molecule has 0 aliphatic carbocycles. The molecule has 0 unspecified atom stereocenters. The molecule has 106 valence electrons. The van der Waals surface area contributed by atoms with Gasteiger partial charge in [0.15, 0.2) is 11.6 Å². The Morgan fingerprint density at radius 1 is 1.19 bits per heavy atom. The molecule has 7 nitrogen and oxygen atoms in total. The van der Waals surface area contributed by atoms with Crippen LogP contribution in [-0.2, 0) is 6.54 Å². The lowest BCUT2D eigenvalue weighted by Crippen LogP contribution is -2.07. The Hall–Kier alpha value is -2.58. The number of nitrogens with zero attached hydrogens (tertiary/aromatic N) is 4. The Morgan fingerprint density at radius 3 is 2.57 bits per heavy atom. The number of thiophene rings is 1. The lowest BCUT2D eigenvalue weighted by molar-refractivity contribution is -0.380. The molecule has 0 saturated carbocycles. The summed E-state index contributed by atoms with van der Waals surface area (Å²) in [5, 5.41) is 19.1. The molecule has 0 aliphatic rings. The summed E-state index contributed by atoms with van der Waals surface area (Å²) in [5.41, 5.74) is 6.57. The minimum Gasteiger partial charge on any atom is -0.324 e. The Morgan fingerprint density at radius 2 is 1.95 bits per heavy atom. The van der Waals surface area contributed by atoms with Gasteiger partial charge in [-0.05, 0) is 18.2 Å². The molecule has 0 fully saturated rings. The van der Waals surface area contributed by atoms with Crippen LogP contribution in [0, 0.1) is 10.1 Å². The van der Waals surface area contributed by atoms with Crippen molar-refractivity contribution in [2.75, 3.05) is 0 Å². The first-order chi connectivity index (χ1) is 10.2. The van der Waals surface area contributed by atoms with E-state index in [1.807, 2.05) is 34.9 Å². The molecule has 1 aromatic carbocycles. The number of nitrogens with two attached hydrogens (primary N) is 1. The zero-order valence-corrected chi connectivity index (χ0v) is 11.7. The van der Waals surface area contributed by atoms with E-state index in [0.717, 1.165) is 17.0 Å². The van der Waals surface area contributed by atoms with E-state index in [2.05, 4.69) is 10.2 Å². The highest BCUT2D eigenvalue weighted by Crippen LogP contribution is 2.33. The average Bonchev–Trinajstić information content (AvgIpc) is 3.14. The van der Waals surface area contributed by atoms with Gasteiger partial charge in [-0.15, -0.1) is 10.2 Å². The van der Waals surface area contributed by atoms with E-state index in [1.54, 1.807) is 6.07 Å². The summed E-state index contributed by atoms with van der Waals surface area (Å²) in [5.74, 6) is 1.16. The van der Waals surface area contributed by atoms with Gasteiger partial charge in [-0.3, -0.25) is 14.7 Å². The van der Waals surface area contributed by atoms with Gasteiger partial charge in [-0.1, -0.05) is 29.5 Å². The third-order valence-corrected chi connectivity index (χ3v) is 3.95. The summed E-state index contributed by atoms with van der Waals surface area (Å²) < 4.78 is 1.82. The van der Waals surface area contributed by atoms with Crippen molar-refractivity contribution in [3.8, 4) is 16.4 Å². The first-order valence-corrected chi connectivity index (χ1v) is 6.96. The smallest absolute Gasteiger partial charge is 0.324 e. The number of aromatic nitrogens is 3. The molecule has 2 N–H and O–H groups in total. The predicted octanol–water partition coefficient (Wildman–Crippen LogP) is 2.36. The second-order valence-corrected chi connectivity index (χ2v) is 5.27. The monoisotopic (exact) mass is 301 g/mol. The topological polar surface area (TPSA) is 99.9 Å². The molecule has 0 spiro atoms. The largest absolute Gasteiger partial charge is 0.324 e. The van der Waals surface area contributed by atoms with Crippen LogP contribution >= 0.6 is 11.3 Å². The summed E-state index contributed by atoms with van der Waals surface area (Å²) in [4.78, 5) is 11.1. The third kappa shape index (κ3) is 2.41. The SMILES string of the molecule is NCc1nnc(-c2ccc([N+](=O)[O-])s2)n1-c1ccccc1. The Bertz CT molecular complexity index is 781. The van der Waals surface area contributed by atoms with E-state index in [9.17, 15) is 10.1 Å². The summed E-state index contributed by atoms with van der Waals surface area (Å²) in [6, 6.07) is 12.7. The molecule has 8 heteroatoms. The fraction of sp³-hybridized carbons (Fsp3) is 0.0769. The van der Waals surface area contributed by atoms with Gasteiger partial charge in [0.25, 0.3) is 0 Å². The van der Waals surface area contributed by atoms with Gasteiger partial charge in [0.2, 0.25) is 0 Å². The number of rotatable bonds is 4. The van der Waals surface area contributed by atoms with Gasteiger partial charge < -0.3 is 5.73 Å². The van der Waals surface area contributed by atoms with E-state index in [-0.39, 0.29) is 11.5 Å². The zero-order chi connectivity index (χ0) is 14.8. The van der Waals surface area contributed by atoms with Crippen LogP contribution in [-0.4, -0.2) is 19.7 Å². The molecule has 0 atom stereocenters. The van der Waals surface area contributed by atoms with Crippen molar-refractivity contribution in [2.24, 2.45) is 5.73 Å². The average molecular weight is 301 g/mol. The highest BCUT2D eigenvalue weighted by molar-refractivity contribution is 7.18. The summed E-state index contributed by atoms with van der Waals surface area (Å²) in [7, 11) is 0. The minimum atomic E-state index is -0.415. The van der Waals surface area contributed by atoms with Crippen molar-refractivity contribution in [3.05, 3.63) is 58.4 Å². The highest BCUT2D eigenvalue weighted by atomic mass is 32.1. The van der Waals surface area contributed by atoms with E-state index >= 15 is 0 Å². The van der Waals surface area contributed by atoms with Crippen molar-refractivity contribution in [3.63, 3.8) is 0 Å². The maximum Gasteiger partial charge on any atom is 0.324 e. The highest BCUT2D eigenvalue weighted by Gasteiger charge is 2.19. The van der Waals surface area contributed by atoms with Gasteiger partial charge in [-0.25, -0.2) is 0 Å². The molecule has 3 rings (SSSR count). The number of nitro groups is 1. The van der Waals surface area contributed by atoms with Gasteiger partial charge in [0.05, 0.1) is 16.3 Å². The maximum atomic E-state index is 10.8. The molecule has 0 saturated heterocycles. The lowest BCUT2D eigenvalue weighted by atomic mass is 10.3. The zero-order valence-electron chi connectivity index (χ0n) is 10.8. The van der Waals surface area contributed by atoms with Crippen LogP contribution in [0.2, 0.25) is 0 Å². The number of hydrogen-bond donors (Lipinski definition) is 1. The second-order valence-electron chi connectivity index (χ2n) is 4.21. The Kier molecular flexibility index (Phi) is 3.46. The molecule has 0 radical (unpaired) electrons. The van der Waals surface area contributed by atoms with Crippen LogP contribution in [0.25, 0.3) is 16.4 Å². The van der Waals surface area contributed by atoms with Crippen molar-refractivity contribution >= 4 is 16.3 Å². The molecule has 3 aromatic rings. The van der Waals surface area contributed by atoms with Gasteiger partial charge in [0.1, 0.15) is 0 Å². The minimum absolute atomic E-state index is 0.0712. The fourth-order valence-electron chi connectivity index (χ4n) is 2.00. The lowest BCUT2D eigenvalue weighted by Gasteiger charge is -2.08. The molecule has 2 aromatic heterocycles. The molecular formula is C13H11N5O2S. The molecule has 2 heterocycles. The van der Waals surface area contributed by atoms with Crippen LogP contribution in [0.5, 0.6) is 0 Å². The quantitative estimate of drug-likeness (QED) is 0.589. The van der Waals surface area contributed by atoms with Gasteiger partial charge >= 0.3 is 5.00 Å². The summed E-state index contributed by atoms with van der Waals surface area (Å²) in [6.45, 7) is 0.232. The molecule has 0 amide bonds. The molecule has 21 heavy (non-hydrogen) atoms. The number of hydrogen-bond acceptors (Lipinski definition) is 6. The molecule has 0 bridgehead atoms. The normalized spacial score (nSPS) is 10.7. The first kappa shape index (κ1) is 13.4. The van der Waals surface area contributed by atoms with E-state index < -0.39 is 4.92 Å². The summed E-state index contributed by atoms with van der Waals surface area (Å²) >= 11 is 1.06. The van der Waals surface area contributed by atoms with Crippen LogP contribution in [0.15, 0.2) is 42.5 Å². The van der Waals surface area contributed by atoms with Gasteiger partial charge in [0, 0.05) is 11.8 Å². The fourth-order valence-corrected chi connectivity index (χ4v) is 2.80. The van der Waals surface area contributed by atoms with Crippen molar-refractivity contribution < 1.29 is 4.92 Å². The Balaban J connectivity index is 2.15.